The molecule has 0 atom stereocenters. The molecule has 6 nitrogen and oxygen atoms in total. The number of hydrogen-bond donors (Lipinski definition) is 0. The molecule has 0 aliphatic carbocycles. The van der Waals surface area contributed by atoms with Crippen LogP contribution >= 0.6 is 0 Å². The Hall–Kier alpha value is -2.77. The highest BCUT2D eigenvalue weighted by Crippen LogP contribution is 2.24. The van der Waals surface area contributed by atoms with Crippen molar-refractivity contribution in [3.8, 4) is 11.3 Å². The number of aromatic nitrogens is 2. The topological polar surface area (TPSA) is 66.4 Å². The highest BCUT2D eigenvalue weighted by atomic mass is 32.2. The molecule has 1 aliphatic rings. The number of anilines is 1. The van der Waals surface area contributed by atoms with E-state index in [4.69, 9.17) is 0 Å². The molecule has 1 fully saturated rings. The first-order chi connectivity index (χ1) is 14.5. The fourth-order valence-corrected chi connectivity index (χ4v) is 5.11. The minimum atomic E-state index is -3.47. The van der Waals surface area contributed by atoms with Gasteiger partial charge in [-0.05, 0) is 37.1 Å². The van der Waals surface area contributed by atoms with Crippen molar-refractivity contribution in [2.75, 3.05) is 31.1 Å². The van der Waals surface area contributed by atoms with Crippen molar-refractivity contribution in [3.63, 3.8) is 0 Å². The van der Waals surface area contributed by atoms with Crippen LogP contribution in [0, 0.1) is 6.92 Å². The van der Waals surface area contributed by atoms with Crippen LogP contribution in [0.3, 0.4) is 0 Å². The third-order valence-corrected chi connectivity index (χ3v) is 7.41. The van der Waals surface area contributed by atoms with Gasteiger partial charge in [-0.3, -0.25) is 0 Å². The number of rotatable bonds is 5. The second kappa shape index (κ2) is 8.53. The number of aryl methyl sites for hydroxylation is 2. The summed E-state index contributed by atoms with van der Waals surface area (Å²) in [6.07, 6.45) is 2.47. The molecule has 0 amide bonds. The lowest BCUT2D eigenvalue weighted by Crippen LogP contribution is -2.48. The molecule has 4 rings (SSSR count). The van der Waals surface area contributed by atoms with E-state index in [1.807, 2.05) is 30.3 Å². The van der Waals surface area contributed by atoms with Gasteiger partial charge >= 0.3 is 0 Å². The predicted molar refractivity (Wildman–Crippen MR) is 119 cm³/mol. The minimum Gasteiger partial charge on any atom is -0.354 e. The van der Waals surface area contributed by atoms with E-state index in [9.17, 15) is 8.42 Å². The molecule has 2 heterocycles. The first-order valence-corrected chi connectivity index (χ1v) is 11.6. The van der Waals surface area contributed by atoms with Gasteiger partial charge in [0.15, 0.2) is 0 Å². The van der Waals surface area contributed by atoms with Crippen molar-refractivity contribution in [2.45, 2.75) is 25.2 Å². The molecule has 3 aromatic rings. The Bertz CT molecular complexity index is 1120. The average molecular weight is 423 g/mol. The van der Waals surface area contributed by atoms with Gasteiger partial charge in [-0.25, -0.2) is 18.4 Å². The molecule has 1 aromatic heterocycles. The van der Waals surface area contributed by atoms with E-state index in [-0.39, 0.29) is 0 Å². The van der Waals surface area contributed by atoms with Crippen LogP contribution in [0.25, 0.3) is 11.3 Å². The molecule has 0 saturated carbocycles. The molecule has 0 bridgehead atoms. The monoisotopic (exact) mass is 422 g/mol. The van der Waals surface area contributed by atoms with Crippen LogP contribution < -0.4 is 4.90 Å². The summed E-state index contributed by atoms with van der Waals surface area (Å²) >= 11 is 0. The summed E-state index contributed by atoms with van der Waals surface area (Å²) in [6.45, 7) is 6.16. The minimum absolute atomic E-state index is 0.358. The molecule has 2 aromatic carbocycles. The normalized spacial score (nSPS) is 15.3. The van der Waals surface area contributed by atoms with Gasteiger partial charge in [0.05, 0.1) is 10.6 Å². The van der Waals surface area contributed by atoms with E-state index in [2.05, 4.69) is 40.8 Å². The number of hydrogen-bond acceptors (Lipinski definition) is 5. The van der Waals surface area contributed by atoms with E-state index < -0.39 is 10.0 Å². The van der Waals surface area contributed by atoms with Crippen LogP contribution in [0.5, 0.6) is 0 Å². The summed E-state index contributed by atoms with van der Waals surface area (Å²) < 4.78 is 27.5. The zero-order chi connectivity index (χ0) is 21.1. The summed E-state index contributed by atoms with van der Waals surface area (Å²) in [5, 5.41) is 0. The Morgan fingerprint density at radius 3 is 2.33 bits per heavy atom. The maximum Gasteiger partial charge on any atom is 0.243 e. The molecule has 0 unspecified atom stereocenters. The predicted octanol–water partition coefficient (Wildman–Crippen LogP) is 3.53. The lowest BCUT2D eigenvalue weighted by Gasteiger charge is -2.34. The molecule has 30 heavy (non-hydrogen) atoms. The van der Waals surface area contributed by atoms with Crippen LogP contribution in [-0.2, 0) is 16.4 Å². The lowest BCUT2D eigenvalue weighted by atomic mass is 10.1. The first kappa shape index (κ1) is 20.5. The van der Waals surface area contributed by atoms with E-state index in [0.717, 1.165) is 29.1 Å². The first-order valence-electron chi connectivity index (χ1n) is 10.2. The quantitative estimate of drug-likeness (QED) is 0.629. The molecule has 0 N–H and O–H groups in total. The Labute approximate surface area is 178 Å². The van der Waals surface area contributed by atoms with Gasteiger partial charge in [-0.1, -0.05) is 42.8 Å². The van der Waals surface area contributed by atoms with Gasteiger partial charge in [0.1, 0.15) is 12.1 Å². The number of nitrogens with zero attached hydrogens (tertiary/aromatic N) is 4. The van der Waals surface area contributed by atoms with Crippen LogP contribution in [0.4, 0.5) is 5.82 Å². The average Bonchev–Trinajstić information content (AvgIpc) is 2.79. The Morgan fingerprint density at radius 1 is 0.933 bits per heavy atom. The van der Waals surface area contributed by atoms with Crippen LogP contribution in [0.2, 0.25) is 0 Å². The Balaban J connectivity index is 1.47. The summed E-state index contributed by atoms with van der Waals surface area (Å²) in [7, 11) is -3.47. The maximum atomic E-state index is 13.0. The summed E-state index contributed by atoms with van der Waals surface area (Å²) in [6, 6.07) is 17.4. The van der Waals surface area contributed by atoms with Crippen molar-refractivity contribution in [1.29, 1.82) is 0 Å². The van der Waals surface area contributed by atoms with Crippen LogP contribution in [0.15, 0.2) is 65.8 Å². The van der Waals surface area contributed by atoms with Crippen LogP contribution in [-0.4, -0.2) is 48.9 Å². The summed E-state index contributed by atoms with van der Waals surface area (Å²) in [4.78, 5) is 11.3. The standard InChI is InChI=1S/C23H26N4O2S/c1-3-19-7-9-21(10-8-19)30(28,29)27-13-11-26(12-14-27)23-16-22(24-17-25-23)20-6-4-5-18(2)15-20/h4-10,15-17H,3,11-14H2,1-2H3. The molecule has 1 aliphatic heterocycles. The molecular formula is C23H26N4O2S. The third kappa shape index (κ3) is 4.22. The van der Waals surface area contributed by atoms with Gasteiger partial charge in [0.2, 0.25) is 10.0 Å². The molecule has 7 heteroatoms. The largest absolute Gasteiger partial charge is 0.354 e. The van der Waals surface area contributed by atoms with Crippen molar-refractivity contribution >= 4 is 15.8 Å². The van der Waals surface area contributed by atoms with Gasteiger partial charge in [0.25, 0.3) is 0 Å². The van der Waals surface area contributed by atoms with E-state index >= 15 is 0 Å². The number of piperazine rings is 1. The van der Waals surface area contributed by atoms with Gasteiger partial charge < -0.3 is 4.90 Å². The van der Waals surface area contributed by atoms with Crippen molar-refractivity contribution in [2.24, 2.45) is 0 Å². The summed E-state index contributed by atoms with van der Waals surface area (Å²) in [5.41, 5.74) is 4.23. The van der Waals surface area contributed by atoms with E-state index in [1.54, 1.807) is 22.8 Å². The fraction of sp³-hybridized carbons (Fsp3) is 0.304. The fourth-order valence-electron chi connectivity index (χ4n) is 3.69. The molecule has 156 valence electrons. The smallest absolute Gasteiger partial charge is 0.243 e. The molecular weight excluding hydrogens is 396 g/mol. The zero-order valence-corrected chi connectivity index (χ0v) is 18.1. The Morgan fingerprint density at radius 2 is 1.67 bits per heavy atom. The molecule has 0 spiro atoms. The second-order valence-electron chi connectivity index (χ2n) is 7.52. The van der Waals surface area contributed by atoms with Crippen molar-refractivity contribution in [3.05, 3.63) is 72.1 Å². The second-order valence-corrected chi connectivity index (χ2v) is 9.46. The summed E-state index contributed by atoms with van der Waals surface area (Å²) in [5.74, 6) is 0.825. The molecule has 1 saturated heterocycles. The highest BCUT2D eigenvalue weighted by molar-refractivity contribution is 7.89. The zero-order valence-electron chi connectivity index (χ0n) is 17.3. The maximum absolute atomic E-state index is 13.0. The number of sulfonamides is 1. The van der Waals surface area contributed by atoms with Gasteiger partial charge in [0, 0.05) is 37.8 Å². The SMILES string of the molecule is CCc1ccc(S(=O)(=O)N2CCN(c3cc(-c4cccc(C)c4)ncn3)CC2)cc1. The molecule has 0 radical (unpaired) electrons. The van der Waals surface area contributed by atoms with Crippen LogP contribution in [0.1, 0.15) is 18.1 Å². The van der Waals surface area contributed by atoms with Crippen molar-refractivity contribution in [1.82, 2.24) is 14.3 Å². The Kier molecular flexibility index (Phi) is 5.83. The number of benzene rings is 2. The van der Waals surface area contributed by atoms with E-state index in [1.165, 1.54) is 5.56 Å². The van der Waals surface area contributed by atoms with Crippen molar-refractivity contribution < 1.29 is 8.42 Å². The third-order valence-electron chi connectivity index (χ3n) is 5.50. The highest BCUT2D eigenvalue weighted by Gasteiger charge is 2.29. The van der Waals surface area contributed by atoms with E-state index in [0.29, 0.717) is 31.1 Å². The van der Waals surface area contributed by atoms with Gasteiger partial charge in [-0.15, -0.1) is 0 Å². The van der Waals surface area contributed by atoms with Gasteiger partial charge in [-0.2, -0.15) is 4.31 Å². The lowest BCUT2D eigenvalue weighted by molar-refractivity contribution is 0.384.